The van der Waals surface area contributed by atoms with Gasteiger partial charge in [0.2, 0.25) is 0 Å². The summed E-state index contributed by atoms with van der Waals surface area (Å²) in [6.45, 7) is 5.52. The van der Waals surface area contributed by atoms with Crippen molar-refractivity contribution in [3.8, 4) is 5.75 Å². The lowest BCUT2D eigenvalue weighted by Gasteiger charge is -2.26. The number of benzene rings is 2. The minimum atomic E-state index is 0.348. The van der Waals surface area contributed by atoms with Crippen LogP contribution in [0.4, 0.5) is 5.69 Å². The molecule has 0 aliphatic heterocycles. The fraction of sp³-hybridized carbons (Fsp3) is 0.368. The van der Waals surface area contributed by atoms with Crippen molar-refractivity contribution in [1.82, 2.24) is 0 Å². The van der Waals surface area contributed by atoms with E-state index in [4.69, 9.17) is 0 Å². The molecule has 2 atom stereocenters. The van der Waals surface area contributed by atoms with E-state index in [-0.39, 0.29) is 0 Å². The van der Waals surface area contributed by atoms with Gasteiger partial charge in [-0.2, -0.15) is 0 Å². The summed E-state index contributed by atoms with van der Waals surface area (Å²) >= 11 is 0. The molecule has 21 heavy (non-hydrogen) atoms. The molecule has 0 spiro atoms. The second-order valence-corrected chi connectivity index (χ2v) is 6.35. The van der Waals surface area contributed by atoms with Crippen molar-refractivity contribution in [2.24, 2.45) is 11.8 Å². The Kier molecular flexibility index (Phi) is 3.87. The van der Waals surface area contributed by atoms with E-state index in [1.807, 2.05) is 18.2 Å². The van der Waals surface area contributed by atoms with Gasteiger partial charge in [0.25, 0.3) is 0 Å². The molecule has 0 saturated heterocycles. The Balaban J connectivity index is 1.77. The van der Waals surface area contributed by atoms with Crippen LogP contribution in [0.25, 0.3) is 10.8 Å². The van der Waals surface area contributed by atoms with E-state index in [1.54, 1.807) is 6.07 Å². The zero-order valence-electron chi connectivity index (χ0n) is 12.8. The van der Waals surface area contributed by atoms with Crippen LogP contribution in [0.3, 0.4) is 0 Å². The van der Waals surface area contributed by atoms with Gasteiger partial charge < -0.3 is 10.4 Å². The van der Waals surface area contributed by atoms with Crippen LogP contribution in [-0.2, 0) is 0 Å². The number of aromatic hydroxyl groups is 1. The van der Waals surface area contributed by atoms with Crippen LogP contribution < -0.4 is 5.32 Å². The lowest BCUT2D eigenvalue weighted by molar-refractivity contribution is 0.421. The smallest absolute Gasteiger partial charge is 0.123 e. The Morgan fingerprint density at radius 3 is 2.71 bits per heavy atom. The summed E-state index contributed by atoms with van der Waals surface area (Å²) in [4.78, 5) is 0. The van der Waals surface area contributed by atoms with Crippen LogP contribution in [0.15, 0.2) is 48.0 Å². The molecule has 0 heterocycles. The molecule has 2 heteroatoms. The van der Waals surface area contributed by atoms with Gasteiger partial charge in [-0.25, -0.2) is 0 Å². The van der Waals surface area contributed by atoms with Crippen LogP contribution in [0.1, 0.15) is 26.7 Å². The van der Waals surface area contributed by atoms with E-state index in [0.717, 1.165) is 23.0 Å². The fourth-order valence-electron chi connectivity index (χ4n) is 3.54. The van der Waals surface area contributed by atoms with Gasteiger partial charge in [-0.05, 0) is 43.7 Å². The highest BCUT2D eigenvalue weighted by Gasteiger charge is 2.18. The van der Waals surface area contributed by atoms with E-state index in [1.165, 1.54) is 18.4 Å². The van der Waals surface area contributed by atoms with Gasteiger partial charge in [0.05, 0.1) is 0 Å². The maximum Gasteiger partial charge on any atom is 0.123 e. The second kappa shape index (κ2) is 5.80. The zero-order chi connectivity index (χ0) is 14.8. The zero-order valence-corrected chi connectivity index (χ0v) is 12.8. The van der Waals surface area contributed by atoms with Crippen molar-refractivity contribution in [3.63, 3.8) is 0 Å². The Labute approximate surface area is 126 Å². The molecular formula is C19H23NO. The first-order valence-electron chi connectivity index (χ1n) is 7.75. The third kappa shape index (κ3) is 3.05. The molecular weight excluding hydrogens is 258 g/mol. The molecule has 0 saturated carbocycles. The topological polar surface area (TPSA) is 32.3 Å². The number of nitrogens with one attached hydrogen (secondary N) is 1. The van der Waals surface area contributed by atoms with Gasteiger partial charge in [-0.15, -0.1) is 0 Å². The molecule has 0 bridgehead atoms. The molecule has 1 aliphatic rings. The molecule has 2 unspecified atom stereocenters. The van der Waals surface area contributed by atoms with Crippen molar-refractivity contribution >= 4 is 16.5 Å². The summed E-state index contributed by atoms with van der Waals surface area (Å²) in [5.74, 6) is 1.72. The van der Waals surface area contributed by atoms with E-state index in [0.29, 0.717) is 17.6 Å². The van der Waals surface area contributed by atoms with E-state index < -0.39 is 0 Å². The number of anilines is 1. The highest BCUT2D eigenvalue weighted by Crippen LogP contribution is 2.31. The van der Waals surface area contributed by atoms with E-state index in [2.05, 4.69) is 37.4 Å². The van der Waals surface area contributed by atoms with Gasteiger partial charge in [0.1, 0.15) is 5.75 Å². The molecule has 2 N–H and O–H groups in total. The summed E-state index contributed by atoms with van der Waals surface area (Å²) in [5, 5.41) is 15.5. The summed E-state index contributed by atoms with van der Waals surface area (Å²) < 4.78 is 0. The molecule has 2 nitrogen and oxygen atoms in total. The average molecular weight is 281 g/mol. The quantitative estimate of drug-likeness (QED) is 0.780. The second-order valence-electron chi connectivity index (χ2n) is 6.35. The molecule has 0 radical (unpaired) electrons. The number of phenols is 1. The summed E-state index contributed by atoms with van der Waals surface area (Å²) in [6, 6.07) is 11.8. The van der Waals surface area contributed by atoms with Crippen molar-refractivity contribution in [1.29, 1.82) is 0 Å². The van der Waals surface area contributed by atoms with Crippen molar-refractivity contribution < 1.29 is 5.11 Å². The Morgan fingerprint density at radius 1 is 1.14 bits per heavy atom. The van der Waals surface area contributed by atoms with Gasteiger partial charge in [-0.1, -0.05) is 42.8 Å². The predicted octanol–water partition coefficient (Wildman–Crippen LogP) is 4.95. The Bertz CT molecular complexity index is 674. The number of rotatable bonds is 3. The predicted molar refractivity (Wildman–Crippen MR) is 89.7 cm³/mol. The highest BCUT2D eigenvalue weighted by atomic mass is 16.3. The van der Waals surface area contributed by atoms with Crippen LogP contribution in [-0.4, -0.2) is 11.7 Å². The Morgan fingerprint density at radius 2 is 1.90 bits per heavy atom. The summed E-state index contributed by atoms with van der Waals surface area (Å²) in [5.41, 5.74) is 2.62. The standard InChI is InChI=1S/C19H23NO/c1-13-9-14(2)11-15(10-13)12-20-18-7-3-6-17-16(18)5-4-8-19(17)21/h3-9,13,15,20-21H,10-12H2,1-2H3. The minimum absolute atomic E-state index is 0.348. The largest absolute Gasteiger partial charge is 0.507 e. The fourth-order valence-corrected chi connectivity index (χ4v) is 3.54. The average Bonchev–Trinajstić information content (AvgIpc) is 2.45. The molecule has 0 fully saturated rings. The van der Waals surface area contributed by atoms with E-state index >= 15 is 0 Å². The third-order valence-corrected chi connectivity index (χ3v) is 4.37. The van der Waals surface area contributed by atoms with Crippen LogP contribution in [0.2, 0.25) is 0 Å². The molecule has 3 rings (SSSR count). The normalized spacial score (nSPS) is 22.1. The first kappa shape index (κ1) is 14.0. The minimum Gasteiger partial charge on any atom is -0.507 e. The van der Waals surface area contributed by atoms with Gasteiger partial charge in [0, 0.05) is 23.0 Å². The Hall–Kier alpha value is -1.96. The monoisotopic (exact) mass is 281 g/mol. The van der Waals surface area contributed by atoms with Crippen molar-refractivity contribution in [2.75, 3.05) is 11.9 Å². The maximum absolute atomic E-state index is 9.95. The first-order valence-corrected chi connectivity index (χ1v) is 7.75. The van der Waals surface area contributed by atoms with Crippen LogP contribution >= 0.6 is 0 Å². The molecule has 0 aromatic heterocycles. The molecule has 2 aromatic carbocycles. The van der Waals surface area contributed by atoms with Crippen molar-refractivity contribution in [2.45, 2.75) is 26.7 Å². The van der Waals surface area contributed by atoms with Gasteiger partial charge >= 0.3 is 0 Å². The maximum atomic E-state index is 9.95. The number of hydrogen-bond donors (Lipinski definition) is 2. The SMILES string of the molecule is CC1=CC(C)CC(CNc2cccc3c(O)cccc23)C1. The summed E-state index contributed by atoms with van der Waals surface area (Å²) in [6.07, 6.45) is 4.83. The number of hydrogen-bond acceptors (Lipinski definition) is 2. The molecule has 1 aliphatic carbocycles. The lowest BCUT2D eigenvalue weighted by atomic mass is 9.83. The van der Waals surface area contributed by atoms with Crippen LogP contribution in [0, 0.1) is 11.8 Å². The third-order valence-electron chi connectivity index (χ3n) is 4.37. The summed E-state index contributed by atoms with van der Waals surface area (Å²) in [7, 11) is 0. The number of phenolic OH excluding ortho intramolecular Hbond substituents is 1. The molecule has 110 valence electrons. The highest BCUT2D eigenvalue weighted by molar-refractivity contribution is 5.97. The van der Waals surface area contributed by atoms with Gasteiger partial charge in [-0.3, -0.25) is 0 Å². The molecule has 0 amide bonds. The number of fused-ring (bicyclic) bond motifs is 1. The van der Waals surface area contributed by atoms with E-state index in [9.17, 15) is 5.11 Å². The van der Waals surface area contributed by atoms with Crippen LogP contribution in [0.5, 0.6) is 5.75 Å². The first-order chi connectivity index (χ1) is 10.1. The number of allylic oxidation sites excluding steroid dienone is 2. The van der Waals surface area contributed by atoms with Crippen molar-refractivity contribution in [3.05, 3.63) is 48.0 Å². The lowest BCUT2D eigenvalue weighted by Crippen LogP contribution is -2.20. The van der Waals surface area contributed by atoms with Gasteiger partial charge in [0.15, 0.2) is 0 Å². The molecule has 2 aromatic rings.